The van der Waals surface area contributed by atoms with Crippen LogP contribution in [0.15, 0.2) is 10.5 Å². The van der Waals surface area contributed by atoms with E-state index in [2.05, 4.69) is 10.6 Å². The van der Waals surface area contributed by atoms with Gasteiger partial charge >= 0.3 is 5.97 Å². The van der Waals surface area contributed by atoms with Crippen LogP contribution in [0.4, 0.5) is 0 Å². The maximum atomic E-state index is 12.1. The number of hydrogen-bond donors (Lipinski definition) is 3. The SMILES string of the molecule is CCc1oc(C(=O)NC(C)C(=O)NC(C)(C)C)cc1C(=O)O. The van der Waals surface area contributed by atoms with E-state index >= 15 is 0 Å². The number of rotatable bonds is 5. The Morgan fingerprint density at radius 3 is 2.32 bits per heavy atom. The maximum Gasteiger partial charge on any atom is 0.339 e. The van der Waals surface area contributed by atoms with Gasteiger partial charge in [-0.15, -0.1) is 0 Å². The molecule has 0 aliphatic heterocycles. The number of aromatic carboxylic acids is 1. The van der Waals surface area contributed by atoms with Gasteiger partial charge in [0.1, 0.15) is 17.4 Å². The van der Waals surface area contributed by atoms with Crippen molar-refractivity contribution < 1.29 is 23.9 Å². The Balaban J connectivity index is 2.81. The van der Waals surface area contributed by atoms with Crippen LogP contribution in [-0.2, 0) is 11.2 Å². The standard InChI is InChI=1S/C15H22N2O5/c1-6-10-9(14(20)21)7-11(22-10)13(19)16-8(2)12(18)17-15(3,4)5/h7-8H,6H2,1-5H3,(H,16,19)(H,17,18)(H,20,21). The molecule has 0 bridgehead atoms. The molecule has 0 radical (unpaired) electrons. The zero-order valence-corrected chi connectivity index (χ0v) is 13.4. The average molecular weight is 310 g/mol. The Kier molecular flexibility index (Phi) is 5.35. The monoisotopic (exact) mass is 310 g/mol. The van der Waals surface area contributed by atoms with E-state index in [1.807, 2.05) is 20.8 Å². The van der Waals surface area contributed by atoms with Crippen molar-refractivity contribution in [3.63, 3.8) is 0 Å². The van der Waals surface area contributed by atoms with E-state index in [1.165, 1.54) is 6.07 Å². The van der Waals surface area contributed by atoms with Gasteiger partial charge in [0, 0.05) is 18.0 Å². The molecule has 1 aromatic heterocycles. The van der Waals surface area contributed by atoms with Crippen molar-refractivity contribution in [1.82, 2.24) is 10.6 Å². The third-order valence-electron chi connectivity index (χ3n) is 2.82. The lowest BCUT2D eigenvalue weighted by molar-refractivity contribution is -0.124. The first-order chi connectivity index (χ1) is 10.0. The summed E-state index contributed by atoms with van der Waals surface area (Å²) in [7, 11) is 0. The molecule has 0 aliphatic rings. The van der Waals surface area contributed by atoms with Crippen molar-refractivity contribution >= 4 is 17.8 Å². The fourth-order valence-corrected chi connectivity index (χ4v) is 1.80. The number of carbonyl (C=O) groups excluding carboxylic acids is 2. The first-order valence-electron chi connectivity index (χ1n) is 7.04. The minimum atomic E-state index is -1.15. The molecule has 0 aliphatic carbocycles. The molecule has 1 heterocycles. The average Bonchev–Trinajstić information content (AvgIpc) is 2.80. The molecule has 3 N–H and O–H groups in total. The van der Waals surface area contributed by atoms with Crippen LogP contribution in [-0.4, -0.2) is 34.5 Å². The lowest BCUT2D eigenvalue weighted by atomic mass is 10.1. The largest absolute Gasteiger partial charge is 0.478 e. The highest BCUT2D eigenvalue weighted by atomic mass is 16.4. The van der Waals surface area contributed by atoms with Crippen LogP contribution in [0, 0.1) is 0 Å². The van der Waals surface area contributed by atoms with Gasteiger partial charge in [-0.25, -0.2) is 4.79 Å². The predicted octanol–water partition coefficient (Wildman–Crippen LogP) is 1.57. The molecule has 0 fully saturated rings. The smallest absolute Gasteiger partial charge is 0.339 e. The van der Waals surface area contributed by atoms with E-state index < -0.39 is 23.5 Å². The predicted molar refractivity (Wildman–Crippen MR) is 79.9 cm³/mol. The molecule has 0 saturated heterocycles. The molecule has 122 valence electrons. The van der Waals surface area contributed by atoms with Gasteiger partial charge in [-0.2, -0.15) is 0 Å². The molecule has 22 heavy (non-hydrogen) atoms. The highest BCUT2D eigenvalue weighted by Crippen LogP contribution is 2.16. The topological polar surface area (TPSA) is 109 Å². The Hall–Kier alpha value is -2.31. The summed E-state index contributed by atoms with van der Waals surface area (Å²) in [6.07, 6.45) is 0.356. The van der Waals surface area contributed by atoms with Crippen LogP contribution in [0.2, 0.25) is 0 Å². The molecule has 7 nitrogen and oxygen atoms in total. The zero-order valence-electron chi connectivity index (χ0n) is 13.4. The van der Waals surface area contributed by atoms with Gasteiger partial charge in [-0.3, -0.25) is 9.59 Å². The summed E-state index contributed by atoms with van der Waals surface area (Å²) in [6, 6.07) is 0.403. The van der Waals surface area contributed by atoms with Crippen molar-refractivity contribution in [1.29, 1.82) is 0 Å². The summed E-state index contributed by atoms with van der Waals surface area (Å²) in [5.74, 6) is -2.01. The number of carbonyl (C=O) groups is 3. The summed E-state index contributed by atoms with van der Waals surface area (Å²) in [5, 5.41) is 14.3. The number of furan rings is 1. The van der Waals surface area contributed by atoms with Gasteiger partial charge in [-0.1, -0.05) is 6.92 Å². The number of amides is 2. The minimum absolute atomic E-state index is 0.0422. The normalized spacial score (nSPS) is 12.6. The molecule has 0 saturated carbocycles. The fraction of sp³-hybridized carbons (Fsp3) is 0.533. The summed E-state index contributed by atoms with van der Waals surface area (Å²) in [5.41, 5.74) is -0.452. The molecule has 2 amide bonds. The van der Waals surface area contributed by atoms with Crippen LogP contribution in [0.1, 0.15) is 61.3 Å². The van der Waals surface area contributed by atoms with Crippen LogP contribution >= 0.6 is 0 Å². The molecule has 1 rings (SSSR count). The number of hydrogen-bond acceptors (Lipinski definition) is 4. The first kappa shape index (κ1) is 17.7. The van der Waals surface area contributed by atoms with Crippen LogP contribution < -0.4 is 10.6 Å². The lowest BCUT2D eigenvalue weighted by Gasteiger charge is -2.23. The van der Waals surface area contributed by atoms with Crippen molar-refractivity contribution in [2.75, 3.05) is 0 Å². The zero-order chi connectivity index (χ0) is 17.1. The van der Waals surface area contributed by atoms with Crippen LogP contribution in [0.25, 0.3) is 0 Å². The van der Waals surface area contributed by atoms with Crippen molar-refractivity contribution in [3.8, 4) is 0 Å². The molecule has 0 spiro atoms. The number of nitrogens with one attached hydrogen (secondary N) is 2. The Labute approximate surface area is 129 Å². The van der Waals surface area contributed by atoms with Crippen LogP contribution in [0.3, 0.4) is 0 Å². The Morgan fingerprint density at radius 1 is 1.32 bits per heavy atom. The Morgan fingerprint density at radius 2 is 1.91 bits per heavy atom. The van der Waals surface area contributed by atoms with Gasteiger partial charge in [0.05, 0.1) is 0 Å². The molecular weight excluding hydrogens is 288 g/mol. The highest BCUT2D eigenvalue weighted by molar-refractivity contribution is 5.98. The van der Waals surface area contributed by atoms with Gasteiger partial charge in [0.25, 0.3) is 5.91 Å². The van der Waals surface area contributed by atoms with E-state index in [1.54, 1.807) is 13.8 Å². The molecule has 0 aromatic carbocycles. The van der Waals surface area contributed by atoms with Gasteiger partial charge in [0.15, 0.2) is 5.76 Å². The summed E-state index contributed by atoms with van der Waals surface area (Å²) in [6.45, 7) is 8.77. The van der Waals surface area contributed by atoms with E-state index in [-0.39, 0.29) is 23.0 Å². The summed E-state index contributed by atoms with van der Waals surface area (Å²) < 4.78 is 5.24. The number of carboxylic acid groups (broad SMARTS) is 1. The molecule has 1 aromatic rings. The summed E-state index contributed by atoms with van der Waals surface area (Å²) >= 11 is 0. The molecular formula is C15H22N2O5. The number of carboxylic acids is 1. The molecule has 7 heteroatoms. The van der Waals surface area contributed by atoms with E-state index in [4.69, 9.17) is 9.52 Å². The van der Waals surface area contributed by atoms with Gasteiger partial charge in [-0.05, 0) is 27.7 Å². The molecule has 1 atom stereocenters. The second-order valence-corrected chi connectivity index (χ2v) is 6.04. The second kappa shape index (κ2) is 6.64. The maximum absolute atomic E-state index is 12.1. The fourth-order valence-electron chi connectivity index (χ4n) is 1.80. The third kappa shape index (κ3) is 4.61. The molecule has 1 unspecified atom stereocenters. The minimum Gasteiger partial charge on any atom is -0.478 e. The van der Waals surface area contributed by atoms with Gasteiger partial charge < -0.3 is 20.2 Å². The quantitative estimate of drug-likeness (QED) is 0.765. The second-order valence-electron chi connectivity index (χ2n) is 6.04. The van der Waals surface area contributed by atoms with E-state index in [9.17, 15) is 14.4 Å². The highest BCUT2D eigenvalue weighted by Gasteiger charge is 2.24. The summed E-state index contributed by atoms with van der Waals surface area (Å²) in [4.78, 5) is 35.0. The van der Waals surface area contributed by atoms with Crippen LogP contribution in [0.5, 0.6) is 0 Å². The van der Waals surface area contributed by atoms with E-state index in [0.29, 0.717) is 6.42 Å². The van der Waals surface area contributed by atoms with Gasteiger partial charge in [0.2, 0.25) is 5.91 Å². The number of aryl methyl sites for hydroxylation is 1. The first-order valence-corrected chi connectivity index (χ1v) is 7.04. The van der Waals surface area contributed by atoms with Crippen molar-refractivity contribution in [3.05, 3.63) is 23.2 Å². The van der Waals surface area contributed by atoms with E-state index in [0.717, 1.165) is 0 Å². The lowest BCUT2D eigenvalue weighted by Crippen LogP contribution is -2.50. The third-order valence-corrected chi connectivity index (χ3v) is 2.82. The van der Waals surface area contributed by atoms with Crippen molar-refractivity contribution in [2.24, 2.45) is 0 Å². The van der Waals surface area contributed by atoms with Crippen molar-refractivity contribution in [2.45, 2.75) is 52.6 Å². The Bertz CT molecular complexity index is 583.